The second-order valence-corrected chi connectivity index (χ2v) is 7.46. The van der Waals surface area contributed by atoms with Crippen LogP contribution >= 0.6 is 0 Å². The number of rotatable bonds is 4. The number of methoxy groups -OCH3 is 1. The lowest BCUT2D eigenvalue weighted by atomic mass is 9.93. The van der Waals surface area contributed by atoms with E-state index in [4.69, 9.17) is 10.5 Å². The van der Waals surface area contributed by atoms with E-state index in [2.05, 4.69) is 10.2 Å². The van der Waals surface area contributed by atoms with E-state index in [1.807, 2.05) is 0 Å². The number of nitrogens with one attached hydrogen (secondary N) is 1. The maximum Gasteiger partial charge on any atom is 0.416 e. The number of nitrogens with zero attached hydrogens (tertiary/aromatic N) is 3. The number of benzene rings is 2. The van der Waals surface area contributed by atoms with Crippen LogP contribution in [0.2, 0.25) is 0 Å². The summed E-state index contributed by atoms with van der Waals surface area (Å²) >= 11 is 0. The van der Waals surface area contributed by atoms with E-state index in [9.17, 15) is 27.6 Å². The van der Waals surface area contributed by atoms with Crippen molar-refractivity contribution >= 4 is 23.5 Å². The smallest absolute Gasteiger partial charge is 0.416 e. The van der Waals surface area contributed by atoms with E-state index < -0.39 is 35.3 Å². The Kier molecular flexibility index (Phi) is 5.51. The minimum Gasteiger partial charge on any atom is -0.466 e. The zero-order valence-electron chi connectivity index (χ0n) is 17.9. The summed E-state index contributed by atoms with van der Waals surface area (Å²) in [5.41, 5.74) is 4.57. The largest absolute Gasteiger partial charge is 0.466 e. The number of esters is 1. The van der Waals surface area contributed by atoms with Crippen molar-refractivity contribution in [1.82, 2.24) is 14.8 Å². The third-order valence-corrected chi connectivity index (χ3v) is 5.49. The predicted molar refractivity (Wildman–Crippen MR) is 114 cm³/mol. The van der Waals surface area contributed by atoms with Crippen molar-refractivity contribution in [1.29, 1.82) is 0 Å². The van der Waals surface area contributed by atoms with Crippen molar-refractivity contribution < 1.29 is 27.5 Å². The summed E-state index contributed by atoms with van der Waals surface area (Å²) in [6, 6.07) is 9.30. The number of hydrogen-bond acceptors (Lipinski definition) is 6. The molecule has 3 aromatic rings. The average Bonchev–Trinajstić information content (AvgIpc) is 3.18. The molecule has 1 aromatic heterocycles. The molecule has 12 heteroatoms. The molecule has 1 atom stereocenters. The molecule has 0 radical (unpaired) electrons. The van der Waals surface area contributed by atoms with Crippen LogP contribution in [0.25, 0.3) is 0 Å². The van der Waals surface area contributed by atoms with E-state index in [1.165, 1.54) is 48.2 Å². The van der Waals surface area contributed by atoms with Gasteiger partial charge in [0, 0.05) is 16.9 Å². The van der Waals surface area contributed by atoms with Gasteiger partial charge in [0.15, 0.2) is 0 Å². The molecule has 2 heterocycles. The van der Waals surface area contributed by atoms with Crippen LogP contribution in [0.3, 0.4) is 0 Å². The van der Waals surface area contributed by atoms with Crippen LogP contribution in [0.1, 0.15) is 34.5 Å². The van der Waals surface area contributed by atoms with Crippen LogP contribution in [-0.2, 0) is 15.7 Å². The molecule has 4 rings (SSSR count). The molecule has 2 aromatic carbocycles. The lowest BCUT2D eigenvalue weighted by Crippen LogP contribution is -2.37. The van der Waals surface area contributed by atoms with Gasteiger partial charge in [0.1, 0.15) is 6.04 Å². The molecule has 0 aliphatic carbocycles. The molecule has 1 aliphatic heterocycles. The van der Waals surface area contributed by atoms with Gasteiger partial charge in [-0.05, 0) is 42.8 Å². The number of fused-ring (bicyclic) bond motifs is 1. The lowest BCUT2D eigenvalue weighted by molar-refractivity contribution is -0.138. The molecule has 176 valence electrons. The number of amides is 1. The number of allylic oxidation sites excluding steroid dienone is 1. The minimum absolute atomic E-state index is 0.00253. The van der Waals surface area contributed by atoms with E-state index in [1.54, 1.807) is 0 Å². The molecular formula is C22H18F3N5O4. The standard InChI is InChI=1S/C22H18F3N5O4/c1-11-16(19(32)34-2)17(12-6-8-13(9-7-12)18(26)31)30-20(27-28-21(30)33)29(11)15-5-3-4-14(10-15)22(23,24)25/h3-10,17H,1-2H3,(H2,26,31)(H,28,33). The third-order valence-electron chi connectivity index (χ3n) is 5.49. The fraction of sp³-hybridized carbons (Fsp3) is 0.182. The maximum atomic E-state index is 13.3. The van der Waals surface area contributed by atoms with Crippen LogP contribution in [0.4, 0.5) is 24.8 Å². The monoisotopic (exact) mass is 473 g/mol. The number of halogens is 3. The molecule has 0 spiro atoms. The molecule has 0 bridgehead atoms. The number of hydrogen-bond donors (Lipinski definition) is 2. The molecule has 0 saturated heterocycles. The Morgan fingerprint density at radius 2 is 1.82 bits per heavy atom. The van der Waals surface area contributed by atoms with Crippen LogP contribution in [0, 0.1) is 0 Å². The van der Waals surface area contributed by atoms with Gasteiger partial charge in [0.25, 0.3) is 0 Å². The van der Waals surface area contributed by atoms with Gasteiger partial charge in [0.05, 0.1) is 18.2 Å². The van der Waals surface area contributed by atoms with Crippen molar-refractivity contribution in [2.75, 3.05) is 12.0 Å². The summed E-state index contributed by atoms with van der Waals surface area (Å²) in [5.74, 6) is -1.48. The number of carbonyl (C=O) groups excluding carboxylic acids is 2. The summed E-state index contributed by atoms with van der Waals surface area (Å²) < 4.78 is 46.1. The second-order valence-electron chi connectivity index (χ2n) is 7.46. The molecule has 1 unspecified atom stereocenters. The Labute approximate surface area is 190 Å². The number of primary amides is 1. The Morgan fingerprint density at radius 1 is 1.15 bits per heavy atom. The van der Waals surface area contributed by atoms with Crippen molar-refractivity contribution in [3.63, 3.8) is 0 Å². The molecular weight excluding hydrogens is 455 g/mol. The number of carbonyl (C=O) groups is 2. The SMILES string of the molecule is COC(=O)C1=C(C)N(c2cccc(C(F)(F)F)c2)c2n[nH]c(=O)n2C1c1ccc(C(N)=O)cc1. The van der Waals surface area contributed by atoms with Gasteiger partial charge in [-0.3, -0.25) is 9.69 Å². The van der Waals surface area contributed by atoms with Crippen molar-refractivity contribution in [2.24, 2.45) is 5.73 Å². The van der Waals surface area contributed by atoms with Crippen molar-refractivity contribution in [3.8, 4) is 0 Å². The first-order chi connectivity index (χ1) is 16.0. The number of anilines is 2. The number of alkyl halides is 3. The van der Waals surface area contributed by atoms with E-state index in [0.29, 0.717) is 5.56 Å². The van der Waals surface area contributed by atoms with Crippen molar-refractivity contribution in [3.05, 3.63) is 87.0 Å². The first-order valence-corrected chi connectivity index (χ1v) is 9.87. The van der Waals surface area contributed by atoms with E-state index in [-0.39, 0.29) is 28.5 Å². The zero-order chi connectivity index (χ0) is 24.8. The Morgan fingerprint density at radius 3 is 2.41 bits per heavy atom. The average molecular weight is 473 g/mol. The number of aromatic amines is 1. The molecule has 0 saturated carbocycles. The highest BCUT2D eigenvalue weighted by molar-refractivity contribution is 5.94. The minimum atomic E-state index is -4.61. The first kappa shape index (κ1) is 22.8. The topological polar surface area (TPSA) is 123 Å². The van der Waals surface area contributed by atoms with Gasteiger partial charge in [-0.2, -0.15) is 13.2 Å². The maximum absolute atomic E-state index is 13.3. The summed E-state index contributed by atoms with van der Waals surface area (Å²) in [6.45, 7) is 1.51. The molecule has 0 fully saturated rings. The van der Waals surface area contributed by atoms with Crippen LogP contribution in [0.5, 0.6) is 0 Å². The summed E-state index contributed by atoms with van der Waals surface area (Å²) in [7, 11) is 1.15. The number of ether oxygens (including phenoxy) is 1. The summed E-state index contributed by atoms with van der Waals surface area (Å²) in [6.07, 6.45) is -4.61. The number of aromatic nitrogens is 3. The Balaban J connectivity index is 1.97. The van der Waals surface area contributed by atoms with Crippen LogP contribution in [0.15, 0.2) is 64.6 Å². The van der Waals surface area contributed by atoms with E-state index >= 15 is 0 Å². The van der Waals surface area contributed by atoms with Crippen LogP contribution in [-0.4, -0.2) is 33.8 Å². The van der Waals surface area contributed by atoms with Gasteiger partial charge < -0.3 is 10.5 Å². The first-order valence-electron chi connectivity index (χ1n) is 9.87. The Bertz CT molecular complexity index is 1370. The van der Waals surface area contributed by atoms with Crippen molar-refractivity contribution in [2.45, 2.75) is 19.1 Å². The second kappa shape index (κ2) is 8.21. The van der Waals surface area contributed by atoms with Gasteiger partial charge in [0.2, 0.25) is 11.9 Å². The van der Waals surface area contributed by atoms with E-state index in [0.717, 1.165) is 23.8 Å². The molecule has 34 heavy (non-hydrogen) atoms. The highest BCUT2D eigenvalue weighted by Gasteiger charge is 2.40. The molecule has 9 nitrogen and oxygen atoms in total. The lowest BCUT2D eigenvalue weighted by Gasteiger charge is -2.35. The van der Waals surface area contributed by atoms with Gasteiger partial charge in [-0.25, -0.2) is 19.3 Å². The summed E-state index contributed by atoms with van der Waals surface area (Å²) in [4.78, 5) is 38.4. The molecule has 1 aliphatic rings. The zero-order valence-corrected chi connectivity index (χ0v) is 17.9. The fourth-order valence-corrected chi connectivity index (χ4v) is 3.93. The predicted octanol–water partition coefficient (Wildman–Crippen LogP) is 2.88. The number of H-pyrrole nitrogens is 1. The van der Waals surface area contributed by atoms with Gasteiger partial charge in [-0.1, -0.05) is 18.2 Å². The molecule has 1 amide bonds. The highest BCUT2D eigenvalue weighted by Crippen LogP contribution is 2.42. The van der Waals surface area contributed by atoms with Gasteiger partial charge >= 0.3 is 17.8 Å². The quantitative estimate of drug-likeness (QED) is 0.562. The molecule has 3 N–H and O–H groups in total. The summed E-state index contributed by atoms with van der Waals surface area (Å²) in [5, 5.41) is 6.30. The fourth-order valence-electron chi connectivity index (χ4n) is 3.93. The highest BCUT2D eigenvalue weighted by atomic mass is 19.4. The Hall–Kier alpha value is -4.35. The van der Waals surface area contributed by atoms with Crippen LogP contribution < -0.4 is 16.3 Å². The van der Waals surface area contributed by atoms with Gasteiger partial charge in [-0.15, -0.1) is 5.10 Å². The normalized spacial score (nSPS) is 15.8. The number of nitrogens with two attached hydrogens (primary N) is 1. The third kappa shape index (κ3) is 3.72.